The predicted octanol–water partition coefficient (Wildman–Crippen LogP) is 1.02. The molecular formula is C10H11NO5. The second kappa shape index (κ2) is 5.01. The zero-order valence-electron chi connectivity index (χ0n) is 8.80. The molecule has 2 N–H and O–H groups in total. The van der Waals surface area contributed by atoms with Crippen LogP contribution in [0.4, 0.5) is 0 Å². The highest BCUT2D eigenvalue weighted by molar-refractivity contribution is 6.43. The lowest BCUT2D eigenvalue weighted by molar-refractivity contribution is 0.102. The van der Waals surface area contributed by atoms with E-state index in [4.69, 9.17) is 9.94 Å². The van der Waals surface area contributed by atoms with Crippen molar-refractivity contribution in [1.82, 2.24) is 0 Å². The molecule has 0 bridgehead atoms. The molecule has 16 heavy (non-hydrogen) atoms. The summed E-state index contributed by atoms with van der Waals surface area (Å²) in [7, 11) is 2.61. The number of methoxy groups -OCH3 is 2. The van der Waals surface area contributed by atoms with Crippen LogP contribution in [0.3, 0.4) is 0 Å². The topological polar surface area (TPSA) is 88.4 Å². The second-order valence-electron chi connectivity index (χ2n) is 2.82. The van der Waals surface area contributed by atoms with E-state index in [9.17, 15) is 9.90 Å². The Labute approximate surface area is 91.7 Å². The minimum Gasteiger partial charge on any atom is -0.507 e. The van der Waals surface area contributed by atoms with Gasteiger partial charge in [-0.25, -0.2) is 0 Å². The summed E-state index contributed by atoms with van der Waals surface area (Å²) < 4.78 is 9.44. The summed E-state index contributed by atoms with van der Waals surface area (Å²) in [5.74, 6) is -1.09. The van der Waals surface area contributed by atoms with Crippen LogP contribution in [0.15, 0.2) is 23.4 Å². The van der Waals surface area contributed by atoms with E-state index in [0.717, 1.165) is 0 Å². The molecule has 6 nitrogen and oxygen atoms in total. The average Bonchev–Trinajstić information content (AvgIpc) is 2.31. The van der Waals surface area contributed by atoms with Crippen molar-refractivity contribution in [3.8, 4) is 11.5 Å². The third-order valence-electron chi connectivity index (χ3n) is 1.93. The van der Waals surface area contributed by atoms with Gasteiger partial charge in [0.05, 0.1) is 19.8 Å². The molecule has 1 aromatic carbocycles. The molecular weight excluding hydrogens is 214 g/mol. The van der Waals surface area contributed by atoms with Gasteiger partial charge in [-0.3, -0.25) is 4.79 Å². The molecule has 0 heterocycles. The van der Waals surface area contributed by atoms with Gasteiger partial charge in [-0.2, -0.15) is 0 Å². The van der Waals surface area contributed by atoms with Gasteiger partial charge in [-0.15, -0.1) is 0 Å². The van der Waals surface area contributed by atoms with E-state index in [2.05, 4.69) is 9.89 Å². The first-order chi connectivity index (χ1) is 7.63. The third kappa shape index (κ3) is 2.22. The number of carbonyl (C=O) groups is 1. The van der Waals surface area contributed by atoms with Crippen LogP contribution in [0.5, 0.6) is 11.5 Å². The summed E-state index contributed by atoms with van der Waals surface area (Å²) in [4.78, 5) is 11.7. The van der Waals surface area contributed by atoms with E-state index < -0.39 is 11.7 Å². The van der Waals surface area contributed by atoms with Gasteiger partial charge in [0.1, 0.15) is 11.5 Å². The Morgan fingerprint density at radius 2 is 2.06 bits per heavy atom. The number of benzene rings is 1. The molecule has 0 aliphatic rings. The highest BCUT2D eigenvalue weighted by atomic mass is 16.5. The maximum Gasteiger partial charge on any atom is 0.298 e. The lowest BCUT2D eigenvalue weighted by Gasteiger charge is -2.06. The highest BCUT2D eigenvalue weighted by Gasteiger charge is 2.19. The first-order valence-electron chi connectivity index (χ1n) is 4.31. The van der Waals surface area contributed by atoms with Gasteiger partial charge in [-0.05, 0) is 23.4 Å². The summed E-state index contributed by atoms with van der Waals surface area (Å²) >= 11 is 0. The van der Waals surface area contributed by atoms with E-state index in [1.165, 1.54) is 32.4 Å². The Morgan fingerprint density at radius 3 is 2.56 bits per heavy atom. The van der Waals surface area contributed by atoms with Crippen LogP contribution in [0.2, 0.25) is 0 Å². The third-order valence-corrected chi connectivity index (χ3v) is 1.93. The SMILES string of the molecule is COC(=NO)C(=O)c1cc(OC)ccc1O. The van der Waals surface area contributed by atoms with Gasteiger partial charge < -0.3 is 19.8 Å². The molecule has 0 spiro atoms. The standard InChI is InChI=1S/C10H11NO5/c1-15-6-3-4-8(12)7(5-6)9(13)10(11-14)16-2/h3-5,12,14H,1-2H3. The molecule has 0 unspecified atom stereocenters. The van der Waals surface area contributed by atoms with E-state index in [-0.39, 0.29) is 11.3 Å². The first-order valence-corrected chi connectivity index (χ1v) is 4.31. The highest BCUT2D eigenvalue weighted by Crippen LogP contribution is 2.23. The summed E-state index contributed by atoms with van der Waals surface area (Å²) in [6.07, 6.45) is 0. The molecule has 0 aliphatic carbocycles. The van der Waals surface area contributed by atoms with Crippen LogP contribution in [0, 0.1) is 0 Å². The predicted molar refractivity (Wildman–Crippen MR) is 55.2 cm³/mol. The molecule has 0 radical (unpaired) electrons. The molecule has 0 fully saturated rings. The van der Waals surface area contributed by atoms with Crippen molar-refractivity contribution in [1.29, 1.82) is 0 Å². The van der Waals surface area contributed by atoms with Crippen molar-refractivity contribution in [3.05, 3.63) is 23.8 Å². The summed E-state index contributed by atoms with van der Waals surface area (Å²) in [6.45, 7) is 0. The Bertz CT molecular complexity index is 427. The van der Waals surface area contributed by atoms with Gasteiger partial charge in [0.15, 0.2) is 0 Å². The van der Waals surface area contributed by atoms with Gasteiger partial charge in [0.2, 0.25) is 0 Å². The maximum atomic E-state index is 11.7. The second-order valence-corrected chi connectivity index (χ2v) is 2.82. The number of ketones is 1. The van der Waals surface area contributed by atoms with Gasteiger partial charge in [-0.1, -0.05) is 0 Å². The fraction of sp³-hybridized carbons (Fsp3) is 0.200. The number of hydrogen-bond acceptors (Lipinski definition) is 6. The molecule has 86 valence electrons. The van der Waals surface area contributed by atoms with Crippen molar-refractivity contribution in [2.24, 2.45) is 5.16 Å². The molecule has 0 saturated heterocycles. The van der Waals surface area contributed by atoms with Crippen molar-refractivity contribution >= 4 is 11.7 Å². The van der Waals surface area contributed by atoms with E-state index in [1.54, 1.807) is 0 Å². The normalized spacial score (nSPS) is 11.0. The Hall–Kier alpha value is -2.24. The lowest BCUT2D eigenvalue weighted by Crippen LogP contribution is -2.16. The van der Waals surface area contributed by atoms with Gasteiger partial charge >= 0.3 is 0 Å². The smallest absolute Gasteiger partial charge is 0.298 e. The number of oxime groups is 1. The number of ether oxygens (including phenoxy) is 2. The quantitative estimate of drug-likeness (QED) is 0.263. The fourth-order valence-electron chi connectivity index (χ4n) is 1.12. The van der Waals surface area contributed by atoms with Crippen molar-refractivity contribution in [2.75, 3.05) is 14.2 Å². The number of carbonyl (C=O) groups excluding carboxylic acids is 1. The largest absolute Gasteiger partial charge is 0.507 e. The van der Waals surface area contributed by atoms with E-state index in [0.29, 0.717) is 5.75 Å². The molecule has 0 amide bonds. The molecule has 0 aliphatic heterocycles. The first kappa shape index (κ1) is 11.8. The minimum absolute atomic E-state index is 0.0611. The van der Waals surface area contributed by atoms with Crippen LogP contribution < -0.4 is 4.74 Å². The minimum atomic E-state index is -0.735. The zero-order chi connectivity index (χ0) is 12.1. The maximum absolute atomic E-state index is 11.7. The van der Waals surface area contributed by atoms with Crippen molar-refractivity contribution < 1.29 is 24.6 Å². The number of phenolic OH excluding ortho intramolecular Hbond substituents is 1. The molecule has 6 heteroatoms. The summed E-state index contributed by atoms with van der Waals surface area (Å²) in [6, 6.07) is 4.12. The molecule has 0 saturated carbocycles. The zero-order valence-corrected chi connectivity index (χ0v) is 8.80. The number of phenols is 1. The van der Waals surface area contributed by atoms with Crippen LogP contribution in [-0.4, -0.2) is 36.2 Å². The van der Waals surface area contributed by atoms with Crippen LogP contribution >= 0.6 is 0 Å². The number of hydrogen-bond donors (Lipinski definition) is 2. The Morgan fingerprint density at radius 1 is 1.38 bits per heavy atom. The lowest BCUT2D eigenvalue weighted by atomic mass is 10.1. The fourth-order valence-corrected chi connectivity index (χ4v) is 1.12. The molecule has 1 rings (SSSR count). The van der Waals surface area contributed by atoms with Crippen LogP contribution in [0.1, 0.15) is 10.4 Å². The number of rotatable bonds is 3. The summed E-state index contributed by atoms with van der Waals surface area (Å²) in [5, 5.41) is 20.6. The van der Waals surface area contributed by atoms with E-state index >= 15 is 0 Å². The van der Waals surface area contributed by atoms with Crippen LogP contribution in [-0.2, 0) is 4.74 Å². The van der Waals surface area contributed by atoms with Gasteiger partial charge in [0.25, 0.3) is 11.7 Å². The molecule has 0 atom stereocenters. The van der Waals surface area contributed by atoms with Crippen LogP contribution in [0.25, 0.3) is 0 Å². The molecule has 0 aromatic heterocycles. The monoisotopic (exact) mass is 225 g/mol. The Balaban J connectivity index is 3.17. The number of aromatic hydroxyl groups is 1. The van der Waals surface area contributed by atoms with E-state index in [1.807, 2.05) is 0 Å². The summed E-state index contributed by atoms with van der Waals surface area (Å²) in [5.41, 5.74) is -0.0611. The van der Waals surface area contributed by atoms with Gasteiger partial charge in [0, 0.05) is 0 Å². The van der Waals surface area contributed by atoms with Crippen molar-refractivity contribution in [2.45, 2.75) is 0 Å². The average molecular weight is 225 g/mol. The number of nitrogens with zero attached hydrogens (tertiary/aromatic N) is 1. The Kier molecular flexibility index (Phi) is 3.71. The van der Waals surface area contributed by atoms with Crippen molar-refractivity contribution in [3.63, 3.8) is 0 Å². The molecule has 1 aromatic rings. The number of Topliss-reactive ketones (excluding diaryl/α,β-unsaturated/α-hetero) is 1.